The number of halogens is 1. The molecule has 0 saturated carbocycles. The van der Waals surface area contributed by atoms with Crippen LogP contribution in [0.5, 0.6) is 0 Å². The first-order valence-corrected chi connectivity index (χ1v) is 3.94. The van der Waals surface area contributed by atoms with Gasteiger partial charge in [-0.1, -0.05) is 0 Å². The fourth-order valence-corrected chi connectivity index (χ4v) is 0.941. The van der Waals surface area contributed by atoms with E-state index in [9.17, 15) is 14.0 Å². The van der Waals surface area contributed by atoms with Crippen molar-refractivity contribution in [1.29, 1.82) is 0 Å². The lowest BCUT2D eigenvalue weighted by molar-refractivity contribution is -0.140. The number of nitrogens with two attached hydrogens (primary N) is 1. The third kappa shape index (κ3) is 3.26. The van der Waals surface area contributed by atoms with Crippen LogP contribution in [-0.4, -0.2) is 23.7 Å². The minimum Gasteiger partial charge on any atom is -0.479 e. The van der Waals surface area contributed by atoms with Gasteiger partial charge < -0.3 is 15.6 Å². The zero-order valence-corrected chi connectivity index (χ0v) is 7.57. The molecule has 0 aliphatic rings. The highest BCUT2D eigenvalue weighted by Gasteiger charge is 2.11. The van der Waals surface area contributed by atoms with Crippen LogP contribution in [0.1, 0.15) is 10.4 Å². The molecule has 5 nitrogen and oxygen atoms in total. The van der Waals surface area contributed by atoms with Crippen molar-refractivity contribution in [2.75, 3.05) is 12.3 Å². The standard InChI is InChI=1S/C9H8FNO4/c10-6-1-5(2-7(11)3-6)9(14)15-4-8(12)13/h1-3H,4,11H2,(H,12,13). The molecule has 0 heterocycles. The van der Waals surface area contributed by atoms with Crippen LogP contribution in [0.2, 0.25) is 0 Å². The lowest BCUT2D eigenvalue weighted by Gasteiger charge is -2.02. The van der Waals surface area contributed by atoms with Crippen LogP contribution in [0.3, 0.4) is 0 Å². The molecule has 1 rings (SSSR count). The molecule has 0 saturated heterocycles. The summed E-state index contributed by atoms with van der Waals surface area (Å²) >= 11 is 0. The van der Waals surface area contributed by atoms with Gasteiger partial charge in [0.15, 0.2) is 6.61 Å². The molecule has 3 N–H and O–H groups in total. The van der Waals surface area contributed by atoms with Gasteiger partial charge >= 0.3 is 11.9 Å². The number of nitrogen functional groups attached to an aromatic ring is 1. The monoisotopic (exact) mass is 213 g/mol. The quantitative estimate of drug-likeness (QED) is 0.568. The zero-order valence-electron chi connectivity index (χ0n) is 7.57. The molecule has 0 aliphatic heterocycles. The Hall–Kier alpha value is -2.11. The Morgan fingerprint density at radius 2 is 2.07 bits per heavy atom. The number of carbonyl (C=O) groups is 2. The highest BCUT2D eigenvalue weighted by molar-refractivity contribution is 5.91. The smallest absolute Gasteiger partial charge is 0.341 e. The number of benzene rings is 1. The number of carbonyl (C=O) groups excluding carboxylic acids is 1. The van der Waals surface area contributed by atoms with E-state index >= 15 is 0 Å². The van der Waals surface area contributed by atoms with Crippen LogP contribution in [0.4, 0.5) is 10.1 Å². The molecule has 80 valence electrons. The van der Waals surface area contributed by atoms with E-state index in [-0.39, 0.29) is 11.3 Å². The maximum Gasteiger partial charge on any atom is 0.341 e. The third-order valence-electron chi connectivity index (χ3n) is 1.48. The highest BCUT2D eigenvalue weighted by atomic mass is 19.1. The predicted octanol–water partition coefficient (Wildman–Crippen LogP) is 0.649. The van der Waals surface area contributed by atoms with E-state index in [4.69, 9.17) is 10.8 Å². The predicted molar refractivity (Wildman–Crippen MR) is 48.7 cm³/mol. The Morgan fingerprint density at radius 3 is 2.60 bits per heavy atom. The maximum absolute atomic E-state index is 12.8. The van der Waals surface area contributed by atoms with Gasteiger partial charge in [0, 0.05) is 5.69 Å². The van der Waals surface area contributed by atoms with Crippen LogP contribution < -0.4 is 5.73 Å². The van der Waals surface area contributed by atoms with Gasteiger partial charge in [0.05, 0.1) is 5.56 Å². The summed E-state index contributed by atoms with van der Waals surface area (Å²) in [6.45, 7) is -0.769. The number of hydrogen-bond acceptors (Lipinski definition) is 4. The maximum atomic E-state index is 12.8. The number of anilines is 1. The van der Waals surface area contributed by atoms with Crippen molar-refractivity contribution in [3.05, 3.63) is 29.6 Å². The molecule has 0 atom stereocenters. The molecular formula is C9H8FNO4. The van der Waals surface area contributed by atoms with Crippen molar-refractivity contribution in [2.45, 2.75) is 0 Å². The summed E-state index contributed by atoms with van der Waals surface area (Å²) in [5.74, 6) is -2.89. The van der Waals surface area contributed by atoms with Crippen molar-refractivity contribution in [3.8, 4) is 0 Å². The third-order valence-corrected chi connectivity index (χ3v) is 1.48. The van der Waals surface area contributed by atoms with E-state index < -0.39 is 24.4 Å². The lowest BCUT2D eigenvalue weighted by atomic mass is 10.2. The van der Waals surface area contributed by atoms with Crippen LogP contribution in [0, 0.1) is 5.82 Å². The summed E-state index contributed by atoms with van der Waals surface area (Å²) in [7, 11) is 0. The van der Waals surface area contributed by atoms with Gasteiger partial charge in [-0.25, -0.2) is 14.0 Å². The molecule has 6 heteroatoms. The first-order chi connectivity index (χ1) is 6.99. The van der Waals surface area contributed by atoms with E-state index in [1.807, 2.05) is 0 Å². The normalized spacial score (nSPS) is 9.67. The molecule has 0 spiro atoms. The lowest BCUT2D eigenvalue weighted by Crippen LogP contribution is -2.13. The average molecular weight is 213 g/mol. The van der Waals surface area contributed by atoms with Gasteiger partial charge in [0.2, 0.25) is 0 Å². The molecular weight excluding hydrogens is 205 g/mol. The summed E-state index contributed by atoms with van der Waals surface area (Å²) in [6, 6.07) is 3.15. The molecule has 1 aromatic carbocycles. The molecule has 0 radical (unpaired) electrons. The second kappa shape index (κ2) is 4.41. The van der Waals surface area contributed by atoms with Crippen LogP contribution in [0.15, 0.2) is 18.2 Å². The number of esters is 1. The average Bonchev–Trinajstić information content (AvgIpc) is 2.12. The number of carboxylic acid groups (broad SMARTS) is 1. The van der Waals surface area contributed by atoms with Crippen LogP contribution in [-0.2, 0) is 9.53 Å². The van der Waals surface area contributed by atoms with Crippen molar-refractivity contribution < 1.29 is 23.8 Å². The molecule has 0 bridgehead atoms. The molecule has 1 aromatic rings. The van der Waals surface area contributed by atoms with E-state index in [1.54, 1.807) is 0 Å². The van der Waals surface area contributed by atoms with E-state index in [0.29, 0.717) is 0 Å². The van der Waals surface area contributed by atoms with E-state index in [1.165, 1.54) is 6.07 Å². The molecule has 0 aromatic heterocycles. The summed E-state index contributed by atoms with van der Waals surface area (Å²) in [5.41, 5.74) is 5.24. The van der Waals surface area contributed by atoms with Crippen LogP contribution >= 0.6 is 0 Å². The first-order valence-electron chi connectivity index (χ1n) is 3.94. The minimum atomic E-state index is -1.28. The largest absolute Gasteiger partial charge is 0.479 e. The number of hydrogen-bond donors (Lipinski definition) is 2. The number of aliphatic carboxylic acids is 1. The van der Waals surface area contributed by atoms with E-state index in [2.05, 4.69) is 4.74 Å². The van der Waals surface area contributed by atoms with Crippen molar-refractivity contribution in [2.24, 2.45) is 0 Å². The van der Waals surface area contributed by atoms with Crippen molar-refractivity contribution in [3.63, 3.8) is 0 Å². The second-order valence-electron chi connectivity index (χ2n) is 2.74. The number of rotatable bonds is 3. The Bertz CT molecular complexity index is 385. The Kier molecular flexibility index (Phi) is 3.22. The fraction of sp³-hybridized carbons (Fsp3) is 0.111. The number of ether oxygens (including phenoxy) is 1. The molecule has 0 aliphatic carbocycles. The van der Waals surface area contributed by atoms with Gasteiger partial charge in [-0.2, -0.15) is 0 Å². The molecule has 15 heavy (non-hydrogen) atoms. The fourth-order valence-electron chi connectivity index (χ4n) is 0.941. The Morgan fingerprint density at radius 1 is 1.40 bits per heavy atom. The SMILES string of the molecule is Nc1cc(F)cc(C(=O)OCC(=O)O)c1. The minimum absolute atomic E-state index is 0.0669. The van der Waals surface area contributed by atoms with E-state index in [0.717, 1.165) is 12.1 Å². The van der Waals surface area contributed by atoms with Gasteiger partial charge in [-0.3, -0.25) is 0 Å². The van der Waals surface area contributed by atoms with Gasteiger partial charge in [-0.05, 0) is 18.2 Å². The van der Waals surface area contributed by atoms with Gasteiger partial charge in [0.1, 0.15) is 5.82 Å². The van der Waals surface area contributed by atoms with Gasteiger partial charge in [-0.15, -0.1) is 0 Å². The van der Waals surface area contributed by atoms with Crippen LogP contribution in [0.25, 0.3) is 0 Å². The topological polar surface area (TPSA) is 89.6 Å². The second-order valence-corrected chi connectivity index (χ2v) is 2.74. The molecule has 0 amide bonds. The van der Waals surface area contributed by atoms with Crippen molar-refractivity contribution in [1.82, 2.24) is 0 Å². The zero-order chi connectivity index (χ0) is 11.4. The number of carboxylic acids is 1. The first kappa shape index (κ1) is 11.0. The molecule has 0 fully saturated rings. The van der Waals surface area contributed by atoms with Gasteiger partial charge in [0.25, 0.3) is 0 Å². The summed E-state index contributed by atoms with van der Waals surface area (Å²) in [6.07, 6.45) is 0. The van der Waals surface area contributed by atoms with Crippen molar-refractivity contribution >= 4 is 17.6 Å². The Labute approximate surface area is 84.3 Å². The summed E-state index contributed by atoms with van der Waals surface area (Å²) in [5, 5.41) is 8.24. The highest BCUT2D eigenvalue weighted by Crippen LogP contribution is 2.11. The molecule has 0 unspecified atom stereocenters. The Balaban J connectivity index is 2.77. The summed E-state index contributed by atoms with van der Waals surface area (Å²) < 4.78 is 17.1. The summed E-state index contributed by atoms with van der Waals surface area (Å²) in [4.78, 5) is 21.2.